The van der Waals surface area contributed by atoms with Crippen molar-refractivity contribution in [2.75, 3.05) is 0 Å². The van der Waals surface area contributed by atoms with E-state index in [0.717, 1.165) is 57.8 Å². The molecule has 0 aliphatic carbocycles. The first-order valence-electron chi connectivity index (χ1n) is 16.6. The standard InChI is InChI=1S/C36H51S.C3H6O2/c1-10-25-19-28(13-4)34(29(14-5)20-25)37(35-30(15-6)21-26(11-2)22-31(35)16-7)36-32(17-8)23-27(12-3)24-33(36)18-9;1-2-3(4)5/h19-24H,10-18H2,1-9H3;2H2,1H3,(H,4,5)/q+1;/p-1. The summed E-state index contributed by atoms with van der Waals surface area (Å²) in [5.74, 6) is -0.995. The lowest BCUT2D eigenvalue weighted by Gasteiger charge is -2.24. The van der Waals surface area contributed by atoms with E-state index < -0.39 is 5.97 Å². The van der Waals surface area contributed by atoms with Crippen LogP contribution in [0.5, 0.6) is 0 Å². The maximum atomic E-state index is 9.26. The number of aliphatic carboxylic acids is 1. The second kappa shape index (κ2) is 17.6. The summed E-state index contributed by atoms with van der Waals surface area (Å²) in [4.78, 5) is 14.1. The van der Waals surface area contributed by atoms with Crippen molar-refractivity contribution in [2.45, 2.75) is 148 Å². The van der Waals surface area contributed by atoms with Crippen molar-refractivity contribution in [1.29, 1.82) is 0 Å². The lowest BCUT2D eigenvalue weighted by atomic mass is 10.00. The molecule has 0 heterocycles. The van der Waals surface area contributed by atoms with Crippen LogP contribution in [0.15, 0.2) is 51.1 Å². The van der Waals surface area contributed by atoms with Gasteiger partial charge in [-0.2, -0.15) is 0 Å². The Balaban J connectivity index is 0.00000113. The van der Waals surface area contributed by atoms with E-state index in [1.807, 2.05) is 0 Å². The van der Waals surface area contributed by atoms with Crippen LogP contribution >= 0.6 is 0 Å². The molecule has 0 aromatic heterocycles. The van der Waals surface area contributed by atoms with Gasteiger partial charge in [0.2, 0.25) is 0 Å². The largest absolute Gasteiger partial charge is 0.550 e. The molecule has 0 N–H and O–H groups in total. The lowest BCUT2D eigenvalue weighted by Crippen LogP contribution is -2.19. The number of carbonyl (C=O) groups is 1. The normalized spacial score (nSPS) is 11.0. The zero-order valence-corrected chi connectivity index (χ0v) is 29.1. The Kier molecular flexibility index (Phi) is 14.9. The first kappa shape index (κ1) is 35.7. The molecule has 3 heteroatoms. The highest BCUT2D eigenvalue weighted by Gasteiger charge is 2.40. The fourth-order valence-electron chi connectivity index (χ4n) is 5.76. The van der Waals surface area contributed by atoms with Gasteiger partial charge >= 0.3 is 0 Å². The number of benzene rings is 3. The topological polar surface area (TPSA) is 40.1 Å². The first-order chi connectivity index (χ1) is 20.2. The van der Waals surface area contributed by atoms with E-state index in [1.165, 1.54) is 23.6 Å². The van der Waals surface area contributed by atoms with Gasteiger partial charge in [0, 0.05) is 39.4 Å². The van der Waals surface area contributed by atoms with E-state index in [4.69, 9.17) is 0 Å². The highest BCUT2D eigenvalue weighted by molar-refractivity contribution is 7.97. The molecule has 3 rings (SSSR count). The molecule has 0 spiro atoms. The molecule has 0 amide bonds. The number of hydrogen-bond acceptors (Lipinski definition) is 2. The fourth-order valence-corrected chi connectivity index (χ4v) is 9.17. The number of hydrogen-bond donors (Lipinski definition) is 0. The van der Waals surface area contributed by atoms with Crippen LogP contribution in [0.3, 0.4) is 0 Å². The molecule has 0 saturated carbocycles. The monoisotopic (exact) mass is 588 g/mol. The van der Waals surface area contributed by atoms with E-state index >= 15 is 0 Å². The fraction of sp³-hybridized carbons (Fsp3) is 0.513. The molecular weight excluding hydrogens is 532 g/mol. The predicted molar refractivity (Wildman–Crippen MR) is 181 cm³/mol. The summed E-state index contributed by atoms with van der Waals surface area (Å²) in [6, 6.07) is 15.2. The summed E-state index contributed by atoms with van der Waals surface area (Å²) in [6.07, 6.45) is 9.95. The van der Waals surface area contributed by atoms with Gasteiger partial charge in [-0.1, -0.05) is 106 Å². The maximum Gasteiger partial charge on any atom is 0.172 e. The molecule has 0 atom stereocenters. The highest BCUT2D eigenvalue weighted by Crippen LogP contribution is 2.44. The van der Waals surface area contributed by atoms with Gasteiger partial charge in [0.15, 0.2) is 14.7 Å². The minimum Gasteiger partial charge on any atom is -0.550 e. The molecule has 0 aliphatic rings. The van der Waals surface area contributed by atoms with E-state index in [1.54, 1.807) is 48.1 Å². The third-order valence-corrected chi connectivity index (χ3v) is 11.1. The van der Waals surface area contributed by atoms with Crippen molar-refractivity contribution in [2.24, 2.45) is 0 Å². The molecule has 2 nitrogen and oxygen atoms in total. The minimum absolute atomic E-state index is 0.111. The molecule has 3 aromatic rings. The van der Waals surface area contributed by atoms with Gasteiger partial charge in [0.1, 0.15) is 10.9 Å². The van der Waals surface area contributed by atoms with Gasteiger partial charge in [0.25, 0.3) is 0 Å². The Labute approximate surface area is 260 Å². The Morgan fingerprint density at radius 3 is 0.762 bits per heavy atom. The molecular formula is C39H56O2S. The van der Waals surface area contributed by atoms with Crippen molar-refractivity contribution >= 4 is 16.9 Å². The molecule has 230 valence electrons. The van der Waals surface area contributed by atoms with E-state index in [0.29, 0.717) is 0 Å². The number of rotatable bonds is 13. The van der Waals surface area contributed by atoms with Gasteiger partial charge in [-0.15, -0.1) is 0 Å². The number of carboxylic acids is 1. The average Bonchev–Trinajstić information content (AvgIpc) is 3.04. The predicted octanol–water partition coefficient (Wildman–Crippen LogP) is 8.99. The zero-order chi connectivity index (χ0) is 31.4. The van der Waals surface area contributed by atoms with Gasteiger partial charge in [-0.25, -0.2) is 0 Å². The summed E-state index contributed by atoms with van der Waals surface area (Å²) >= 11 is 0. The average molecular weight is 589 g/mol. The van der Waals surface area contributed by atoms with Crippen LogP contribution in [0.25, 0.3) is 0 Å². The second-order valence-electron chi connectivity index (χ2n) is 10.9. The zero-order valence-electron chi connectivity index (χ0n) is 28.3. The molecule has 0 aliphatic heterocycles. The number of aryl methyl sites for hydroxylation is 9. The quantitative estimate of drug-likeness (QED) is 0.187. The van der Waals surface area contributed by atoms with Crippen molar-refractivity contribution in [3.63, 3.8) is 0 Å². The van der Waals surface area contributed by atoms with Crippen LogP contribution in [0.2, 0.25) is 0 Å². The van der Waals surface area contributed by atoms with E-state index in [9.17, 15) is 9.90 Å². The Morgan fingerprint density at radius 1 is 0.452 bits per heavy atom. The SMILES string of the molecule is CCC(=O)[O-].CCc1cc(CC)c([S+](c2c(CC)cc(CC)cc2CC)c2c(CC)cc(CC)cc2CC)c(CC)c1. The van der Waals surface area contributed by atoms with E-state index in [-0.39, 0.29) is 17.3 Å². The molecule has 42 heavy (non-hydrogen) atoms. The molecule has 0 bridgehead atoms. The smallest absolute Gasteiger partial charge is 0.172 e. The van der Waals surface area contributed by atoms with E-state index in [2.05, 4.69) is 98.7 Å². The second-order valence-corrected chi connectivity index (χ2v) is 12.8. The number of carboxylic acid groups (broad SMARTS) is 1. The van der Waals surface area contributed by atoms with Gasteiger partial charge in [0.05, 0.1) is 0 Å². The first-order valence-corrected chi connectivity index (χ1v) is 17.8. The van der Waals surface area contributed by atoms with Crippen molar-refractivity contribution in [1.82, 2.24) is 0 Å². The number of carbonyl (C=O) groups excluding carboxylic acids is 1. The summed E-state index contributed by atoms with van der Waals surface area (Å²) in [6.45, 7) is 22.6. The van der Waals surface area contributed by atoms with Crippen LogP contribution in [-0.2, 0) is 73.5 Å². The van der Waals surface area contributed by atoms with Gasteiger partial charge < -0.3 is 9.90 Å². The highest BCUT2D eigenvalue weighted by atomic mass is 32.2. The maximum absolute atomic E-state index is 9.26. The summed E-state index contributed by atoms with van der Waals surface area (Å²) < 4.78 is 0. The van der Waals surface area contributed by atoms with Crippen molar-refractivity contribution in [3.05, 3.63) is 86.5 Å². The summed E-state index contributed by atoms with van der Waals surface area (Å²) in [7, 11) is -0.114. The van der Waals surface area contributed by atoms with Gasteiger partial charge in [-0.3, -0.25) is 0 Å². The molecule has 3 aromatic carbocycles. The van der Waals surface area contributed by atoms with Crippen LogP contribution in [0.1, 0.15) is 126 Å². The van der Waals surface area contributed by atoms with Crippen molar-refractivity contribution < 1.29 is 9.90 Å². The lowest BCUT2D eigenvalue weighted by molar-refractivity contribution is -0.305. The van der Waals surface area contributed by atoms with Gasteiger partial charge in [-0.05, 0) is 80.9 Å². The Morgan fingerprint density at radius 2 is 0.643 bits per heavy atom. The summed E-state index contributed by atoms with van der Waals surface area (Å²) in [5, 5.41) is 9.26. The van der Waals surface area contributed by atoms with Crippen LogP contribution in [-0.4, -0.2) is 5.97 Å². The minimum atomic E-state index is -0.995. The third kappa shape index (κ3) is 8.31. The Bertz CT molecular complexity index is 1090. The van der Waals surface area contributed by atoms with Crippen LogP contribution < -0.4 is 5.11 Å². The van der Waals surface area contributed by atoms with Crippen LogP contribution in [0, 0.1) is 0 Å². The molecule has 0 unspecified atom stereocenters. The van der Waals surface area contributed by atoms with Crippen molar-refractivity contribution in [3.8, 4) is 0 Å². The molecule has 0 saturated heterocycles. The molecule has 0 fully saturated rings. The Hall–Kier alpha value is -2.52. The molecule has 0 radical (unpaired) electrons. The summed E-state index contributed by atoms with van der Waals surface area (Å²) in [5.41, 5.74) is 13.8. The third-order valence-electron chi connectivity index (χ3n) is 8.32. The van der Waals surface area contributed by atoms with Crippen LogP contribution in [0.4, 0.5) is 0 Å².